The Kier molecular flexibility index (Phi) is 3.35. The van der Waals surface area contributed by atoms with E-state index in [0.717, 1.165) is 51.6 Å². The molecule has 1 N–H and O–H groups in total. The number of carboxylic acids is 1. The van der Waals surface area contributed by atoms with Crippen LogP contribution in [-0.2, 0) is 15.0 Å². The van der Waals surface area contributed by atoms with Crippen LogP contribution in [0.25, 0.3) is 0 Å². The maximum Gasteiger partial charge on any atom is 0.309 e. The summed E-state index contributed by atoms with van der Waals surface area (Å²) in [6.07, 6.45) is 6.95. The highest BCUT2D eigenvalue weighted by Gasteiger charge is 2.68. The van der Waals surface area contributed by atoms with E-state index in [4.69, 9.17) is 0 Å². The van der Waals surface area contributed by atoms with Gasteiger partial charge in [0.15, 0.2) is 0 Å². The third-order valence-corrected chi connectivity index (χ3v) is 7.76. The molecule has 0 radical (unpaired) electrons. The first-order chi connectivity index (χ1) is 12.5. The number of rotatable bonds is 3. The lowest BCUT2D eigenvalue weighted by Gasteiger charge is -2.65. The van der Waals surface area contributed by atoms with Crippen molar-refractivity contribution < 1.29 is 14.7 Å². The van der Waals surface area contributed by atoms with Gasteiger partial charge in [-0.25, -0.2) is 0 Å². The molecule has 1 aliphatic heterocycles. The van der Waals surface area contributed by atoms with E-state index < -0.39 is 16.8 Å². The highest BCUT2D eigenvalue weighted by atomic mass is 16.4. The summed E-state index contributed by atoms with van der Waals surface area (Å²) in [5.74, 6) is -0.0698. The van der Waals surface area contributed by atoms with Crippen LogP contribution in [0.1, 0.15) is 56.9 Å². The molecule has 26 heavy (non-hydrogen) atoms. The number of nitrogens with zero attached hydrogens (tertiary/aromatic N) is 1. The van der Waals surface area contributed by atoms with Crippen LogP contribution in [0.15, 0.2) is 30.3 Å². The first-order valence-electron chi connectivity index (χ1n) is 10.1. The zero-order valence-corrected chi connectivity index (χ0v) is 15.2. The normalized spacial score (nSPS) is 40.8. The van der Waals surface area contributed by atoms with Gasteiger partial charge in [0.05, 0.1) is 10.8 Å². The van der Waals surface area contributed by atoms with Crippen LogP contribution in [0, 0.1) is 16.7 Å². The van der Waals surface area contributed by atoms with Gasteiger partial charge in [0.25, 0.3) is 0 Å². The summed E-state index contributed by atoms with van der Waals surface area (Å²) >= 11 is 0. The molecule has 5 aliphatic rings. The van der Waals surface area contributed by atoms with E-state index in [0.29, 0.717) is 18.8 Å². The van der Waals surface area contributed by atoms with E-state index in [2.05, 4.69) is 24.3 Å². The number of carboxylic acid groups (broad SMARTS) is 1. The monoisotopic (exact) mass is 353 g/mol. The number of carbonyl (C=O) groups is 2. The van der Waals surface area contributed by atoms with Crippen LogP contribution in [0.4, 0.5) is 0 Å². The number of hydrogen-bond donors (Lipinski definition) is 1. The van der Waals surface area contributed by atoms with Crippen LogP contribution in [-0.4, -0.2) is 35.0 Å². The average molecular weight is 353 g/mol. The Bertz CT molecular complexity index is 756. The van der Waals surface area contributed by atoms with Crippen LogP contribution >= 0.6 is 0 Å². The van der Waals surface area contributed by atoms with Crippen molar-refractivity contribution in [1.29, 1.82) is 0 Å². The van der Waals surface area contributed by atoms with Gasteiger partial charge in [0, 0.05) is 13.1 Å². The summed E-state index contributed by atoms with van der Waals surface area (Å²) < 4.78 is 0. The fourth-order valence-corrected chi connectivity index (χ4v) is 7.28. The van der Waals surface area contributed by atoms with Gasteiger partial charge in [-0.15, -0.1) is 0 Å². The van der Waals surface area contributed by atoms with Crippen LogP contribution in [0.5, 0.6) is 0 Å². The van der Waals surface area contributed by atoms with E-state index in [1.165, 1.54) is 5.56 Å². The Morgan fingerprint density at radius 3 is 2.27 bits per heavy atom. The predicted octanol–water partition coefficient (Wildman–Crippen LogP) is 3.60. The predicted molar refractivity (Wildman–Crippen MR) is 97.6 cm³/mol. The fourth-order valence-electron chi connectivity index (χ4n) is 7.28. The Balaban J connectivity index is 1.61. The van der Waals surface area contributed by atoms with Crippen molar-refractivity contribution in [3.05, 3.63) is 35.9 Å². The van der Waals surface area contributed by atoms with Crippen LogP contribution in [0.2, 0.25) is 0 Å². The molecule has 0 aromatic heterocycles. The first-order valence-corrected chi connectivity index (χ1v) is 10.1. The lowest BCUT2D eigenvalue weighted by molar-refractivity contribution is -0.187. The second-order valence-corrected chi connectivity index (χ2v) is 9.52. The topological polar surface area (TPSA) is 57.6 Å². The number of amides is 1. The summed E-state index contributed by atoms with van der Waals surface area (Å²) in [6.45, 7) is 1.70. The number of benzene rings is 1. The summed E-state index contributed by atoms with van der Waals surface area (Å²) in [5, 5.41) is 10.2. The lowest BCUT2D eigenvalue weighted by Crippen LogP contribution is -2.64. The van der Waals surface area contributed by atoms with Crippen LogP contribution in [0.3, 0.4) is 0 Å². The molecule has 4 bridgehead atoms. The number of aliphatic carboxylic acids is 1. The van der Waals surface area contributed by atoms with Crippen molar-refractivity contribution in [2.75, 3.05) is 13.1 Å². The molecule has 1 amide bonds. The molecular weight excluding hydrogens is 326 g/mol. The fraction of sp³-hybridized carbons (Fsp3) is 0.636. The van der Waals surface area contributed by atoms with Crippen molar-refractivity contribution in [2.45, 2.75) is 56.8 Å². The Morgan fingerprint density at radius 1 is 0.923 bits per heavy atom. The van der Waals surface area contributed by atoms with Crippen molar-refractivity contribution in [3.63, 3.8) is 0 Å². The largest absolute Gasteiger partial charge is 0.481 e. The molecule has 4 nitrogen and oxygen atoms in total. The van der Waals surface area contributed by atoms with Gasteiger partial charge < -0.3 is 10.0 Å². The molecule has 5 fully saturated rings. The van der Waals surface area contributed by atoms with E-state index in [9.17, 15) is 14.7 Å². The van der Waals surface area contributed by atoms with Crippen molar-refractivity contribution in [1.82, 2.24) is 4.90 Å². The lowest BCUT2D eigenvalue weighted by atomic mass is 9.38. The van der Waals surface area contributed by atoms with E-state index in [1.54, 1.807) is 0 Å². The molecule has 1 aromatic carbocycles. The summed E-state index contributed by atoms with van der Waals surface area (Å²) in [6, 6.07) is 10.4. The molecule has 1 saturated heterocycles. The first kappa shape index (κ1) is 16.3. The minimum atomic E-state index is -0.718. The molecule has 4 atom stereocenters. The standard InChI is InChI=1S/C22H27NO3/c24-18(23-8-4-5-9-23)21-11-16-10-20(13-21,17-6-2-1-3-7-17)14-22(12-16,15-21)19(25)26/h1-3,6-7,16H,4-5,8-15H2,(H,25,26). The van der Waals surface area contributed by atoms with Gasteiger partial charge in [-0.1, -0.05) is 30.3 Å². The average Bonchev–Trinajstić information content (AvgIpc) is 3.15. The second kappa shape index (κ2) is 5.34. The molecule has 6 rings (SSSR count). The quantitative estimate of drug-likeness (QED) is 0.903. The zero-order valence-electron chi connectivity index (χ0n) is 15.2. The Morgan fingerprint density at radius 2 is 1.58 bits per heavy atom. The third kappa shape index (κ3) is 2.14. The minimum Gasteiger partial charge on any atom is -0.481 e. The summed E-state index contributed by atoms with van der Waals surface area (Å²) in [7, 11) is 0. The molecule has 4 unspecified atom stereocenters. The number of likely N-dealkylation sites (tertiary alicyclic amines) is 1. The second-order valence-electron chi connectivity index (χ2n) is 9.52. The van der Waals surface area contributed by atoms with Crippen LogP contribution < -0.4 is 0 Å². The van der Waals surface area contributed by atoms with Crippen molar-refractivity contribution in [3.8, 4) is 0 Å². The highest BCUT2D eigenvalue weighted by molar-refractivity contribution is 5.86. The molecule has 0 spiro atoms. The zero-order chi connectivity index (χ0) is 18.0. The molecule has 4 saturated carbocycles. The van der Waals surface area contributed by atoms with Gasteiger partial charge in [-0.05, 0) is 68.3 Å². The molecule has 1 aromatic rings. The Hall–Kier alpha value is -1.84. The smallest absolute Gasteiger partial charge is 0.309 e. The minimum absolute atomic E-state index is 0.144. The number of carbonyl (C=O) groups excluding carboxylic acids is 1. The SMILES string of the molecule is O=C(O)C12CC3CC(C(=O)N4CCCC4)(C1)CC(c1ccccc1)(C3)C2. The van der Waals surface area contributed by atoms with E-state index in [1.807, 2.05) is 11.0 Å². The van der Waals surface area contributed by atoms with E-state index in [-0.39, 0.29) is 11.3 Å². The summed E-state index contributed by atoms with van der Waals surface area (Å²) in [5.41, 5.74) is -0.0785. The van der Waals surface area contributed by atoms with Gasteiger partial charge in [-0.2, -0.15) is 0 Å². The summed E-state index contributed by atoms with van der Waals surface area (Å²) in [4.78, 5) is 28.0. The maximum atomic E-state index is 13.6. The molecule has 1 heterocycles. The van der Waals surface area contributed by atoms with Gasteiger partial charge in [0.2, 0.25) is 5.91 Å². The molecule has 4 aliphatic carbocycles. The third-order valence-electron chi connectivity index (χ3n) is 7.76. The molecular formula is C22H27NO3. The maximum absolute atomic E-state index is 13.6. The Labute approximate surface area is 154 Å². The van der Waals surface area contributed by atoms with Gasteiger partial charge >= 0.3 is 5.97 Å². The molecule has 138 valence electrons. The molecule has 4 heteroatoms. The van der Waals surface area contributed by atoms with Gasteiger partial charge in [-0.3, -0.25) is 9.59 Å². The van der Waals surface area contributed by atoms with Crippen molar-refractivity contribution in [2.24, 2.45) is 16.7 Å². The highest BCUT2D eigenvalue weighted by Crippen LogP contribution is 2.70. The van der Waals surface area contributed by atoms with E-state index >= 15 is 0 Å². The number of hydrogen-bond acceptors (Lipinski definition) is 2. The van der Waals surface area contributed by atoms with Crippen molar-refractivity contribution >= 4 is 11.9 Å². The van der Waals surface area contributed by atoms with Gasteiger partial charge in [0.1, 0.15) is 0 Å².